The Bertz CT molecular complexity index is 273. The maximum Gasteiger partial charge on any atom is 0.144 e. The van der Waals surface area contributed by atoms with Gasteiger partial charge in [-0.05, 0) is 51.5 Å². The van der Waals surface area contributed by atoms with Gasteiger partial charge in [0, 0.05) is 9.13 Å². The van der Waals surface area contributed by atoms with Gasteiger partial charge < -0.3 is 0 Å². The first kappa shape index (κ1) is 9.38. The summed E-state index contributed by atoms with van der Waals surface area (Å²) in [5, 5.41) is 0. The van der Waals surface area contributed by atoms with Crippen molar-refractivity contribution in [2.24, 2.45) is 0 Å². The van der Waals surface area contributed by atoms with Crippen LogP contribution in [-0.4, -0.2) is 0 Å². The summed E-state index contributed by atoms with van der Waals surface area (Å²) in [6.07, 6.45) is 0. The molecule has 0 amide bonds. The monoisotopic (exact) mass is 332 g/mol. The van der Waals surface area contributed by atoms with Gasteiger partial charge in [-0.2, -0.15) is 0 Å². The summed E-state index contributed by atoms with van der Waals surface area (Å²) in [6, 6.07) is 1.29. The maximum atomic E-state index is 13.0. The molecule has 0 aliphatic rings. The van der Waals surface area contributed by atoms with Crippen LogP contribution in [0.5, 0.6) is 0 Å². The lowest BCUT2D eigenvalue weighted by Crippen LogP contribution is -1.92. The fourth-order valence-corrected chi connectivity index (χ4v) is 1.58. The molecule has 0 unspecified atom stereocenters. The summed E-state index contributed by atoms with van der Waals surface area (Å²) < 4.78 is 26.6. The SMILES string of the molecule is Cc1c(F)cc(I)c(Br)c1F. The molecule has 0 aliphatic carbocycles. The van der Waals surface area contributed by atoms with Crippen LogP contribution in [0.25, 0.3) is 0 Å². The van der Waals surface area contributed by atoms with E-state index in [2.05, 4.69) is 15.9 Å². The first-order valence-electron chi connectivity index (χ1n) is 2.83. The van der Waals surface area contributed by atoms with E-state index in [0.29, 0.717) is 8.04 Å². The maximum absolute atomic E-state index is 13.0. The lowest BCUT2D eigenvalue weighted by molar-refractivity contribution is 0.562. The van der Waals surface area contributed by atoms with Crippen molar-refractivity contribution < 1.29 is 8.78 Å². The number of halogens is 4. The number of hydrogen-bond donors (Lipinski definition) is 0. The van der Waals surface area contributed by atoms with Gasteiger partial charge in [0.2, 0.25) is 0 Å². The first-order valence-corrected chi connectivity index (χ1v) is 4.71. The Morgan fingerprint density at radius 3 is 2.55 bits per heavy atom. The zero-order chi connectivity index (χ0) is 8.59. The Morgan fingerprint density at radius 1 is 1.45 bits per heavy atom. The molecule has 11 heavy (non-hydrogen) atoms. The lowest BCUT2D eigenvalue weighted by Gasteiger charge is -2.02. The second kappa shape index (κ2) is 3.35. The standard InChI is InChI=1S/C7H4BrF2I/c1-3-4(9)2-5(11)6(8)7(3)10/h2H,1H3. The zero-order valence-corrected chi connectivity index (χ0v) is 9.33. The topological polar surface area (TPSA) is 0 Å². The molecular formula is C7H4BrF2I. The molecule has 1 rings (SSSR count). The molecule has 0 radical (unpaired) electrons. The Hall–Kier alpha value is 0.290. The minimum atomic E-state index is -0.519. The van der Waals surface area contributed by atoms with Gasteiger partial charge in [-0.15, -0.1) is 0 Å². The normalized spacial score (nSPS) is 10.3. The average molecular weight is 333 g/mol. The molecule has 0 nitrogen and oxygen atoms in total. The highest BCUT2D eigenvalue weighted by molar-refractivity contribution is 14.1. The molecule has 1 aromatic carbocycles. The molecule has 0 heterocycles. The van der Waals surface area contributed by atoms with Crippen molar-refractivity contribution in [2.75, 3.05) is 0 Å². The van der Waals surface area contributed by atoms with Crippen molar-refractivity contribution in [2.45, 2.75) is 6.92 Å². The van der Waals surface area contributed by atoms with Gasteiger partial charge in [-0.1, -0.05) is 0 Å². The van der Waals surface area contributed by atoms with Gasteiger partial charge in [0.15, 0.2) is 0 Å². The summed E-state index contributed by atoms with van der Waals surface area (Å²) in [4.78, 5) is 0. The molecule has 0 saturated carbocycles. The molecular weight excluding hydrogens is 329 g/mol. The Balaban J connectivity index is 3.46. The van der Waals surface area contributed by atoms with Gasteiger partial charge in [0.1, 0.15) is 11.6 Å². The Morgan fingerprint density at radius 2 is 2.00 bits per heavy atom. The average Bonchev–Trinajstić information content (AvgIpc) is 1.97. The molecule has 0 atom stereocenters. The van der Waals surface area contributed by atoms with Crippen LogP contribution in [0.2, 0.25) is 0 Å². The molecule has 60 valence electrons. The van der Waals surface area contributed by atoms with Crippen molar-refractivity contribution in [3.8, 4) is 0 Å². The van der Waals surface area contributed by atoms with Crippen molar-refractivity contribution in [1.82, 2.24) is 0 Å². The highest BCUT2D eigenvalue weighted by atomic mass is 127. The minimum absolute atomic E-state index is 0.0530. The van der Waals surface area contributed by atoms with E-state index in [0.717, 1.165) is 0 Å². The molecule has 1 aromatic rings. The molecule has 0 bridgehead atoms. The van der Waals surface area contributed by atoms with E-state index >= 15 is 0 Å². The van der Waals surface area contributed by atoms with E-state index in [9.17, 15) is 8.78 Å². The zero-order valence-electron chi connectivity index (χ0n) is 5.59. The second-order valence-corrected chi connectivity index (χ2v) is 4.05. The molecule has 0 spiro atoms. The molecule has 0 aromatic heterocycles. The fraction of sp³-hybridized carbons (Fsp3) is 0.143. The van der Waals surface area contributed by atoms with E-state index in [1.807, 2.05) is 22.6 Å². The highest BCUT2D eigenvalue weighted by Gasteiger charge is 2.11. The van der Waals surface area contributed by atoms with Gasteiger partial charge >= 0.3 is 0 Å². The molecule has 4 heteroatoms. The number of hydrogen-bond acceptors (Lipinski definition) is 0. The Kier molecular flexibility index (Phi) is 2.85. The van der Waals surface area contributed by atoms with Gasteiger partial charge in [-0.3, -0.25) is 0 Å². The Labute approximate surface area is 85.3 Å². The quantitative estimate of drug-likeness (QED) is 0.386. The van der Waals surface area contributed by atoms with E-state index in [4.69, 9.17) is 0 Å². The van der Waals surface area contributed by atoms with Gasteiger partial charge in [-0.25, -0.2) is 8.78 Å². The van der Waals surface area contributed by atoms with E-state index in [1.165, 1.54) is 13.0 Å². The van der Waals surface area contributed by atoms with E-state index in [-0.39, 0.29) is 5.56 Å². The molecule has 0 aliphatic heterocycles. The molecule has 0 N–H and O–H groups in total. The van der Waals surface area contributed by atoms with Crippen LogP contribution in [0.1, 0.15) is 5.56 Å². The number of rotatable bonds is 0. The van der Waals surface area contributed by atoms with Gasteiger partial charge in [0.05, 0.1) is 4.47 Å². The van der Waals surface area contributed by atoms with Crippen molar-refractivity contribution in [3.05, 3.63) is 31.3 Å². The van der Waals surface area contributed by atoms with Crippen LogP contribution < -0.4 is 0 Å². The van der Waals surface area contributed by atoms with Crippen LogP contribution >= 0.6 is 38.5 Å². The van der Waals surface area contributed by atoms with E-state index in [1.54, 1.807) is 0 Å². The van der Waals surface area contributed by atoms with Crippen LogP contribution in [-0.2, 0) is 0 Å². The second-order valence-electron chi connectivity index (χ2n) is 2.09. The summed E-state index contributed by atoms with van der Waals surface area (Å²) in [7, 11) is 0. The predicted octanol–water partition coefficient (Wildman–Crippen LogP) is 3.64. The lowest BCUT2D eigenvalue weighted by atomic mass is 10.2. The van der Waals surface area contributed by atoms with Crippen LogP contribution in [0.15, 0.2) is 10.5 Å². The predicted molar refractivity (Wildman–Crippen MR) is 51.5 cm³/mol. The van der Waals surface area contributed by atoms with Crippen molar-refractivity contribution >= 4 is 38.5 Å². The highest BCUT2D eigenvalue weighted by Crippen LogP contribution is 2.26. The minimum Gasteiger partial charge on any atom is -0.207 e. The van der Waals surface area contributed by atoms with Crippen LogP contribution in [0.3, 0.4) is 0 Å². The third kappa shape index (κ3) is 1.72. The van der Waals surface area contributed by atoms with Crippen molar-refractivity contribution in [1.29, 1.82) is 0 Å². The fourth-order valence-electron chi connectivity index (χ4n) is 0.657. The summed E-state index contributed by atoms with van der Waals surface area (Å²) >= 11 is 4.88. The molecule has 0 fully saturated rings. The smallest absolute Gasteiger partial charge is 0.144 e. The van der Waals surface area contributed by atoms with Crippen LogP contribution in [0, 0.1) is 22.1 Å². The van der Waals surface area contributed by atoms with E-state index < -0.39 is 11.6 Å². The largest absolute Gasteiger partial charge is 0.207 e. The third-order valence-electron chi connectivity index (χ3n) is 1.34. The summed E-state index contributed by atoms with van der Waals surface area (Å²) in [6.45, 7) is 1.41. The summed E-state index contributed by atoms with van der Waals surface area (Å²) in [5.41, 5.74) is 0.0530. The third-order valence-corrected chi connectivity index (χ3v) is 3.71. The van der Waals surface area contributed by atoms with Crippen molar-refractivity contribution in [3.63, 3.8) is 0 Å². The summed E-state index contributed by atoms with van der Waals surface area (Å²) in [5.74, 6) is -1.02. The van der Waals surface area contributed by atoms with Crippen LogP contribution in [0.4, 0.5) is 8.78 Å². The first-order chi connectivity index (χ1) is 5.04. The van der Waals surface area contributed by atoms with Gasteiger partial charge in [0.25, 0.3) is 0 Å². The molecule has 0 saturated heterocycles. The number of benzene rings is 1.